The summed E-state index contributed by atoms with van der Waals surface area (Å²) in [7, 11) is 0. The van der Waals surface area contributed by atoms with Crippen molar-refractivity contribution < 1.29 is 24.0 Å². The lowest BCUT2D eigenvalue weighted by Gasteiger charge is -2.29. The second-order valence-electron chi connectivity index (χ2n) is 9.34. The lowest BCUT2D eigenvalue weighted by Crippen LogP contribution is -2.36. The molecule has 5 rings (SSSR count). The standard InChI is InChI=1S/C29H26FN3O4/c30-24-9-7-20(8-10-24)26(28(35)31-25-11-12-25)15-18-1-3-21(4-2-18)29(36)33-14-13-19-5-6-22(27(34)32-37)16-23(19)17-33/h1-10,15-16,25,37H,11-14,17H2,(H,31,35)(H,32,34)/b26-15+. The normalized spacial score (nSPS) is 15.1. The van der Waals surface area contributed by atoms with Crippen LogP contribution in [0.1, 0.15) is 55.8 Å². The van der Waals surface area contributed by atoms with Crippen LogP contribution in [0.15, 0.2) is 66.7 Å². The lowest BCUT2D eigenvalue weighted by molar-refractivity contribution is -0.115. The van der Waals surface area contributed by atoms with Gasteiger partial charge in [-0.2, -0.15) is 0 Å². The van der Waals surface area contributed by atoms with Crippen molar-refractivity contribution >= 4 is 29.4 Å². The Kier molecular flexibility index (Phi) is 6.83. The van der Waals surface area contributed by atoms with E-state index in [-0.39, 0.29) is 23.7 Å². The molecule has 0 saturated heterocycles. The van der Waals surface area contributed by atoms with E-state index in [1.54, 1.807) is 65.0 Å². The van der Waals surface area contributed by atoms with E-state index in [9.17, 15) is 18.8 Å². The largest absolute Gasteiger partial charge is 0.349 e. The quantitative estimate of drug-likeness (QED) is 0.207. The van der Waals surface area contributed by atoms with Crippen LogP contribution in [0.3, 0.4) is 0 Å². The second kappa shape index (κ2) is 10.4. The van der Waals surface area contributed by atoms with Crippen molar-refractivity contribution in [1.29, 1.82) is 0 Å². The molecule has 1 aliphatic heterocycles. The average molecular weight is 500 g/mol. The maximum atomic E-state index is 13.4. The van der Waals surface area contributed by atoms with Gasteiger partial charge in [-0.25, -0.2) is 9.87 Å². The van der Waals surface area contributed by atoms with E-state index in [1.165, 1.54) is 12.1 Å². The van der Waals surface area contributed by atoms with E-state index in [4.69, 9.17) is 5.21 Å². The molecule has 3 N–H and O–H groups in total. The van der Waals surface area contributed by atoms with E-state index in [2.05, 4.69) is 5.32 Å². The summed E-state index contributed by atoms with van der Waals surface area (Å²) in [5, 5.41) is 11.9. The summed E-state index contributed by atoms with van der Waals surface area (Å²) < 4.78 is 13.4. The number of hydrogen-bond acceptors (Lipinski definition) is 4. The van der Waals surface area contributed by atoms with E-state index >= 15 is 0 Å². The van der Waals surface area contributed by atoms with Crippen molar-refractivity contribution in [3.05, 3.63) is 106 Å². The number of carbonyl (C=O) groups excluding carboxylic acids is 3. The first-order chi connectivity index (χ1) is 17.9. The molecule has 188 valence electrons. The fourth-order valence-electron chi connectivity index (χ4n) is 4.41. The Bertz CT molecular complexity index is 1380. The molecule has 0 atom stereocenters. The summed E-state index contributed by atoms with van der Waals surface area (Å²) in [6.45, 7) is 0.910. The smallest absolute Gasteiger partial charge is 0.274 e. The Morgan fingerprint density at radius 1 is 0.892 bits per heavy atom. The van der Waals surface area contributed by atoms with Crippen LogP contribution in [0.5, 0.6) is 0 Å². The summed E-state index contributed by atoms with van der Waals surface area (Å²) in [6.07, 6.45) is 4.32. The number of halogens is 1. The van der Waals surface area contributed by atoms with Gasteiger partial charge in [0.05, 0.1) is 0 Å². The first-order valence-corrected chi connectivity index (χ1v) is 12.2. The van der Waals surface area contributed by atoms with Gasteiger partial charge in [-0.05, 0) is 84.0 Å². The Balaban J connectivity index is 1.34. The number of amides is 3. The SMILES string of the molecule is O=C(NC1CC1)/C(=C/c1ccc(C(=O)N2CCc3ccc(C(=O)NO)cc3C2)cc1)c1ccc(F)cc1. The number of rotatable bonds is 6. The van der Waals surface area contributed by atoms with Gasteiger partial charge in [-0.15, -0.1) is 0 Å². The van der Waals surface area contributed by atoms with Crippen molar-refractivity contribution in [3.63, 3.8) is 0 Å². The van der Waals surface area contributed by atoms with Gasteiger partial charge in [0.1, 0.15) is 5.82 Å². The highest BCUT2D eigenvalue weighted by Crippen LogP contribution is 2.25. The molecule has 0 unspecified atom stereocenters. The molecule has 0 bridgehead atoms. The maximum Gasteiger partial charge on any atom is 0.274 e. The zero-order valence-electron chi connectivity index (χ0n) is 20.0. The average Bonchev–Trinajstić information content (AvgIpc) is 3.75. The topological polar surface area (TPSA) is 98.7 Å². The van der Waals surface area contributed by atoms with E-state index in [1.807, 2.05) is 6.07 Å². The van der Waals surface area contributed by atoms with Crippen LogP contribution < -0.4 is 10.8 Å². The zero-order valence-corrected chi connectivity index (χ0v) is 20.0. The van der Waals surface area contributed by atoms with Crippen molar-refractivity contribution in [1.82, 2.24) is 15.7 Å². The molecule has 3 aromatic rings. The molecular weight excluding hydrogens is 473 g/mol. The summed E-state index contributed by atoms with van der Waals surface area (Å²) in [6, 6.07) is 18.2. The number of hydroxylamine groups is 1. The number of hydrogen-bond donors (Lipinski definition) is 3. The van der Waals surface area contributed by atoms with Crippen LogP contribution in [0.4, 0.5) is 4.39 Å². The first-order valence-electron chi connectivity index (χ1n) is 12.2. The predicted molar refractivity (Wildman–Crippen MR) is 136 cm³/mol. The molecule has 0 radical (unpaired) electrons. The fourth-order valence-corrected chi connectivity index (χ4v) is 4.41. The molecule has 1 aliphatic carbocycles. The highest BCUT2D eigenvalue weighted by molar-refractivity contribution is 6.24. The third-order valence-corrected chi connectivity index (χ3v) is 6.65. The van der Waals surface area contributed by atoms with Crippen LogP contribution in [-0.2, 0) is 17.8 Å². The third-order valence-electron chi connectivity index (χ3n) is 6.65. The molecule has 1 fully saturated rings. The molecule has 3 aromatic carbocycles. The molecule has 0 spiro atoms. The molecule has 3 amide bonds. The first kappa shape index (κ1) is 24.4. The minimum absolute atomic E-state index is 0.136. The Morgan fingerprint density at radius 3 is 2.24 bits per heavy atom. The highest BCUT2D eigenvalue weighted by atomic mass is 19.1. The summed E-state index contributed by atoms with van der Waals surface area (Å²) >= 11 is 0. The van der Waals surface area contributed by atoms with Crippen molar-refractivity contribution in [2.24, 2.45) is 0 Å². The number of fused-ring (bicyclic) bond motifs is 1. The van der Waals surface area contributed by atoms with Gasteiger partial charge >= 0.3 is 0 Å². The molecule has 2 aliphatic rings. The Morgan fingerprint density at radius 2 is 1.57 bits per heavy atom. The third kappa shape index (κ3) is 5.59. The van der Waals surface area contributed by atoms with Crippen molar-refractivity contribution in [2.45, 2.75) is 31.8 Å². The summed E-state index contributed by atoms with van der Waals surface area (Å²) in [5.74, 6) is -1.32. The molecular formula is C29H26FN3O4. The minimum Gasteiger partial charge on any atom is -0.349 e. The number of carbonyl (C=O) groups is 3. The maximum absolute atomic E-state index is 13.4. The van der Waals surface area contributed by atoms with Gasteiger partial charge in [0.2, 0.25) is 0 Å². The summed E-state index contributed by atoms with van der Waals surface area (Å²) in [5.41, 5.74) is 6.19. The highest BCUT2D eigenvalue weighted by Gasteiger charge is 2.26. The van der Waals surface area contributed by atoms with E-state index < -0.39 is 5.91 Å². The monoisotopic (exact) mass is 499 g/mol. The van der Waals surface area contributed by atoms with Gasteiger partial charge in [-0.1, -0.05) is 30.3 Å². The molecule has 0 aromatic heterocycles. The van der Waals surface area contributed by atoms with Crippen LogP contribution >= 0.6 is 0 Å². The van der Waals surface area contributed by atoms with Gasteiger partial charge in [0.25, 0.3) is 17.7 Å². The van der Waals surface area contributed by atoms with Crippen molar-refractivity contribution in [3.8, 4) is 0 Å². The van der Waals surface area contributed by atoms with Crippen LogP contribution in [-0.4, -0.2) is 40.4 Å². The molecule has 1 saturated carbocycles. The minimum atomic E-state index is -0.597. The number of benzene rings is 3. The Labute approximate surface area is 213 Å². The van der Waals surface area contributed by atoms with Crippen LogP contribution in [0, 0.1) is 5.82 Å². The van der Waals surface area contributed by atoms with E-state index in [0.717, 1.165) is 29.5 Å². The zero-order chi connectivity index (χ0) is 25.9. The number of nitrogens with one attached hydrogen (secondary N) is 2. The second-order valence-corrected chi connectivity index (χ2v) is 9.34. The molecule has 8 heteroatoms. The van der Waals surface area contributed by atoms with Crippen molar-refractivity contribution in [2.75, 3.05) is 6.54 Å². The lowest BCUT2D eigenvalue weighted by atomic mass is 9.96. The number of nitrogens with zero attached hydrogens (tertiary/aromatic N) is 1. The Hall–Kier alpha value is -4.30. The molecule has 1 heterocycles. The molecule has 37 heavy (non-hydrogen) atoms. The van der Waals surface area contributed by atoms with Crippen LogP contribution in [0.2, 0.25) is 0 Å². The predicted octanol–water partition coefficient (Wildman–Crippen LogP) is 3.96. The van der Waals surface area contributed by atoms with Gasteiger partial charge in [0.15, 0.2) is 0 Å². The van der Waals surface area contributed by atoms with Crippen LogP contribution in [0.25, 0.3) is 11.6 Å². The van der Waals surface area contributed by atoms with Gasteiger partial charge in [-0.3, -0.25) is 19.6 Å². The van der Waals surface area contributed by atoms with E-state index in [0.29, 0.717) is 41.8 Å². The summed E-state index contributed by atoms with van der Waals surface area (Å²) in [4.78, 5) is 39.6. The van der Waals surface area contributed by atoms with Gasteiger partial charge < -0.3 is 10.2 Å². The molecule has 7 nitrogen and oxygen atoms in total. The van der Waals surface area contributed by atoms with Gasteiger partial charge in [0, 0.05) is 35.8 Å². The fraction of sp³-hybridized carbons (Fsp3) is 0.207.